The lowest BCUT2D eigenvalue weighted by Crippen LogP contribution is -2.12. The summed E-state index contributed by atoms with van der Waals surface area (Å²) in [6, 6.07) is 0. The molecule has 0 aliphatic carbocycles. The molecule has 1 unspecified atom stereocenters. The standard InChI is InChI=1S/C6H11OSSi/c1-3-5(2)6(8)7-4-9/h5H,3-4H2,1-2H3. The Morgan fingerprint density at radius 3 is 2.67 bits per heavy atom. The number of hydrogen-bond acceptors (Lipinski definition) is 2. The van der Waals surface area contributed by atoms with Gasteiger partial charge in [-0.2, -0.15) is 0 Å². The smallest absolute Gasteiger partial charge is 0.161 e. The van der Waals surface area contributed by atoms with E-state index in [-0.39, 0.29) is 0 Å². The molecule has 3 radical (unpaired) electrons. The molecule has 0 aromatic rings. The number of rotatable bonds is 3. The molecule has 0 spiro atoms. The molecule has 0 fully saturated rings. The summed E-state index contributed by atoms with van der Waals surface area (Å²) >= 11 is 4.92. The second kappa shape index (κ2) is 4.94. The summed E-state index contributed by atoms with van der Waals surface area (Å²) in [5.74, 6) is 0.399. The molecule has 0 amide bonds. The maximum absolute atomic E-state index is 5.04. The fourth-order valence-corrected chi connectivity index (χ4v) is 0.866. The Morgan fingerprint density at radius 1 is 1.78 bits per heavy atom. The van der Waals surface area contributed by atoms with Crippen LogP contribution in [0.15, 0.2) is 0 Å². The highest BCUT2D eigenvalue weighted by Crippen LogP contribution is 2.04. The fourth-order valence-electron chi connectivity index (χ4n) is 0.380. The van der Waals surface area contributed by atoms with E-state index in [2.05, 4.69) is 24.1 Å². The largest absolute Gasteiger partial charge is 0.491 e. The Bertz CT molecular complexity index is 95.1. The Balaban J connectivity index is 3.46. The number of hydrogen-bond donors (Lipinski definition) is 0. The molecule has 0 rings (SSSR count). The predicted octanol–water partition coefficient (Wildman–Crippen LogP) is 1.50. The first kappa shape index (κ1) is 9.11. The maximum atomic E-state index is 5.04. The van der Waals surface area contributed by atoms with Crippen molar-refractivity contribution in [2.75, 3.05) is 6.23 Å². The lowest BCUT2D eigenvalue weighted by molar-refractivity contribution is 0.356. The molecule has 0 heterocycles. The van der Waals surface area contributed by atoms with Gasteiger partial charge in [-0.05, 0) is 18.6 Å². The number of thiocarbonyl (C=S) groups is 1. The predicted molar refractivity (Wildman–Crippen MR) is 43.8 cm³/mol. The average molecular weight is 159 g/mol. The summed E-state index contributed by atoms with van der Waals surface area (Å²) in [4.78, 5) is 0. The van der Waals surface area contributed by atoms with Crippen molar-refractivity contribution in [3.8, 4) is 0 Å². The van der Waals surface area contributed by atoms with Gasteiger partial charge in [0, 0.05) is 5.92 Å². The molecule has 0 saturated carbocycles. The molecule has 1 atom stereocenters. The molecule has 3 heteroatoms. The quantitative estimate of drug-likeness (QED) is 0.456. The van der Waals surface area contributed by atoms with Gasteiger partial charge in [-0.25, -0.2) is 0 Å². The third kappa shape index (κ3) is 3.65. The molecular formula is C6H11OSSi. The second-order valence-electron chi connectivity index (χ2n) is 1.92. The Morgan fingerprint density at radius 2 is 2.33 bits per heavy atom. The van der Waals surface area contributed by atoms with Crippen molar-refractivity contribution in [1.29, 1.82) is 0 Å². The topological polar surface area (TPSA) is 9.23 Å². The summed E-state index contributed by atoms with van der Waals surface area (Å²) in [5, 5.41) is 0.701. The van der Waals surface area contributed by atoms with Crippen molar-refractivity contribution in [3.05, 3.63) is 0 Å². The maximum Gasteiger partial charge on any atom is 0.161 e. The molecular weight excluding hydrogens is 148 g/mol. The average Bonchev–Trinajstić information content (AvgIpc) is 1.87. The van der Waals surface area contributed by atoms with Gasteiger partial charge in [0.25, 0.3) is 0 Å². The molecule has 0 aliphatic rings. The van der Waals surface area contributed by atoms with E-state index < -0.39 is 0 Å². The van der Waals surface area contributed by atoms with Crippen LogP contribution in [0.5, 0.6) is 0 Å². The molecule has 0 N–H and O–H groups in total. The Labute approximate surface area is 65.2 Å². The van der Waals surface area contributed by atoms with E-state index in [1.54, 1.807) is 0 Å². The van der Waals surface area contributed by atoms with E-state index in [9.17, 15) is 0 Å². The van der Waals surface area contributed by atoms with Gasteiger partial charge in [0.05, 0.1) is 16.5 Å². The first-order chi connectivity index (χ1) is 4.22. The third-order valence-electron chi connectivity index (χ3n) is 1.23. The second-order valence-corrected chi connectivity index (χ2v) is 2.61. The van der Waals surface area contributed by atoms with Crippen molar-refractivity contribution in [2.24, 2.45) is 5.92 Å². The lowest BCUT2D eigenvalue weighted by Gasteiger charge is -2.09. The van der Waals surface area contributed by atoms with Crippen LogP contribution in [0.1, 0.15) is 20.3 Å². The first-order valence-corrected chi connectivity index (χ1v) is 4.15. The monoisotopic (exact) mass is 159 g/mol. The molecule has 9 heavy (non-hydrogen) atoms. The van der Waals surface area contributed by atoms with Crippen molar-refractivity contribution < 1.29 is 4.74 Å². The molecule has 51 valence electrons. The van der Waals surface area contributed by atoms with E-state index in [1.807, 2.05) is 0 Å². The molecule has 0 aromatic heterocycles. The number of ether oxygens (including phenoxy) is 1. The summed E-state index contributed by atoms with van der Waals surface area (Å²) in [7, 11) is 3.18. The van der Waals surface area contributed by atoms with Crippen molar-refractivity contribution >= 4 is 27.5 Å². The minimum atomic E-state index is 0.399. The minimum absolute atomic E-state index is 0.399. The molecule has 0 aliphatic heterocycles. The summed E-state index contributed by atoms with van der Waals surface area (Å²) < 4.78 is 5.04. The molecule has 1 nitrogen and oxygen atoms in total. The van der Waals surface area contributed by atoms with Crippen LogP contribution in [0.25, 0.3) is 0 Å². The zero-order chi connectivity index (χ0) is 7.28. The van der Waals surface area contributed by atoms with Gasteiger partial charge in [-0.3, -0.25) is 0 Å². The Hall–Kier alpha value is 0.107. The zero-order valence-corrected chi connectivity index (χ0v) is 7.62. The van der Waals surface area contributed by atoms with Gasteiger partial charge in [0.1, 0.15) is 0 Å². The van der Waals surface area contributed by atoms with Crippen LogP contribution in [-0.2, 0) is 4.74 Å². The summed E-state index contributed by atoms with van der Waals surface area (Å²) in [5.41, 5.74) is 0. The molecule has 0 bridgehead atoms. The van der Waals surface area contributed by atoms with Gasteiger partial charge < -0.3 is 4.74 Å². The van der Waals surface area contributed by atoms with Crippen LogP contribution >= 0.6 is 12.2 Å². The van der Waals surface area contributed by atoms with E-state index in [4.69, 9.17) is 17.0 Å². The van der Waals surface area contributed by atoms with Gasteiger partial charge in [-0.15, -0.1) is 0 Å². The fraction of sp³-hybridized carbons (Fsp3) is 0.833. The van der Waals surface area contributed by atoms with Gasteiger partial charge in [0.2, 0.25) is 0 Å². The molecule has 0 aromatic carbocycles. The highest BCUT2D eigenvalue weighted by Gasteiger charge is 2.04. The highest BCUT2D eigenvalue weighted by molar-refractivity contribution is 7.80. The van der Waals surface area contributed by atoms with Crippen molar-refractivity contribution in [2.45, 2.75) is 20.3 Å². The SMILES string of the molecule is CCC(C)C(=S)OC[Si]. The highest BCUT2D eigenvalue weighted by atomic mass is 32.1. The van der Waals surface area contributed by atoms with Crippen molar-refractivity contribution in [1.82, 2.24) is 0 Å². The van der Waals surface area contributed by atoms with Crippen LogP contribution in [0.4, 0.5) is 0 Å². The van der Waals surface area contributed by atoms with Crippen LogP contribution in [0.2, 0.25) is 0 Å². The Kier molecular flexibility index (Phi) is 5.00. The summed E-state index contributed by atoms with van der Waals surface area (Å²) in [6.07, 6.45) is 1.55. The van der Waals surface area contributed by atoms with Gasteiger partial charge >= 0.3 is 0 Å². The third-order valence-corrected chi connectivity index (χ3v) is 1.89. The molecule has 0 saturated heterocycles. The van der Waals surface area contributed by atoms with Gasteiger partial charge in [0.15, 0.2) is 5.05 Å². The van der Waals surface area contributed by atoms with E-state index in [1.165, 1.54) is 0 Å². The zero-order valence-electron chi connectivity index (χ0n) is 5.81. The van der Waals surface area contributed by atoms with E-state index >= 15 is 0 Å². The normalized spacial score (nSPS) is 12.8. The van der Waals surface area contributed by atoms with Crippen LogP contribution < -0.4 is 0 Å². The minimum Gasteiger partial charge on any atom is -0.491 e. The van der Waals surface area contributed by atoms with Gasteiger partial charge in [-0.1, -0.05) is 13.8 Å². The van der Waals surface area contributed by atoms with E-state index in [0.717, 1.165) is 6.42 Å². The van der Waals surface area contributed by atoms with Crippen molar-refractivity contribution in [3.63, 3.8) is 0 Å². The van der Waals surface area contributed by atoms with Crippen LogP contribution in [0, 0.1) is 5.92 Å². The van der Waals surface area contributed by atoms with Crippen LogP contribution in [0.3, 0.4) is 0 Å². The first-order valence-electron chi connectivity index (χ1n) is 3.03. The van der Waals surface area contributed by atoms with E-state index in [0.29, 0.717) is 17.2 Å². The van der Waals surface area contributed by atoms with Crippen LogP contribution in [-0.4, -0.2) is 21.5 Å². The summed E-state index contributed by atoms with van der Waals surface area (Å²) in [6.45, 7) is 4.15. The lowest BCUT2D eigenvalue weighted by atomic mass is 10.1.